The molecule has 1 aromatic carbocycles. The van der Waals surface area contributed by atoms with E-state index >= 15 is 0 Å². The van der Waals surface area contributed by atoms with Crippen molar-refractivity contribution in [3.05, 3.63) is 71.6 Å². The molecule has 23 nitrogen and oxygen atoms in total. The maximum Gasteiger partial charge on any atom is 0.472 e. The van der Waals surface area contributed by atoms with Gasteiger partial charge in [-0.2, -0.15) is 5.26 Å². The van der Waals surface area contributed by atoms with Crippen LogP contribution < -0.4 is 10.9 Å². The lowest BCUT2D eigenvalue weighted by atomic mass is 10.1. The van der Waals surface area contributed by atoms with Gasteiger partial charge < -0.3 is 47.1 Å². The number of anilines is 1. The summed E-state index contributed by atoms with van der Waals surface area (Å²) < 4.78 is 76.8. The first-order valence-electron chi connectivity index (χ1n) is 22.3. The quantitative estimate of drug-likeness (QED) is 0.0692. The number of aromatic nitrogens is 8. The fraction of sp³-hybridized carbons (Fsp3) is 0.571. The molecule has 8 rings (SSSR count). The van der Waals surface area contributed by atoms with Crippen LogP contribution in [0.1, 0.15) is 70.8 Å². The molecule has 3 N–H and O–H groups in total. The molecule has 372 valence electrons. The summed E-state index contributed by atoms with van der Waals surface area (Å²) in [4.78, 5) is 62.4. The average Bonchev–Trinajstić information content (AvgIpc) is 4.06. The number of nitrogens with one attached hydrogen (secondary N) is 2. The van der Waals surface area contributed by atoms with Crippen LogP contribution in [0.2, 0.25) is 36.3 Å². The number of fused-ring (bicyclic) bond motifs is 5. The van der Waals surface area contributed by atoms with Gasteiger partial charge in [-0.15, -0.1) is 0 Å². The Morgan fingerprint density at radius 3 is 2.22 bits per heavy atom. The van der Waals surface area contributed by atoms with E-state index in [1.807, 2.05) is 33.9 Å². The number of nitriles is 1. The number of carbonyl (C=O) groups excluding carboxylic acids is 1. The standard InChI is InChI=1S/C42H58N10O13P2Si2/c1-41(2,3)68(7,8)64-31-26-19-58-66(57-18-14-17-43)62-30-27(20-59-67(55,56)63-32(31)39(60-26)52-24-49-29-36(52)46-22-47-38(29)54)61-40(33(30)65-69(9,10)42(4,5)6)51-23-48-28-34(44-21-45-35(28)51)50-37(53)25-15-12-11-13-16-25/h11-13,15-16,21-24,26-27,30-33,39-40H,14,18-20H2,1-10H3,(H,55,56)(H,46,47,54)(H,44,45,50,53)/t26?,27?,30-,31-,32-,33-,39?,40?,66?/m1/s1. The first-order chi connectivity index (χ1) is 32.5. The molecule has 69 heavy (non-hydrogen) atoms. The SMILES string of the molecule is CC(C)(C)[Si](C)(C)O[C@@H]1C2COP(OCCC#N)O[C@@H]3C(COP(=O)(O)O[C@H]1C(n1cnc4c(=O)[nH]cnc41)O2)OC(n1cnc2c(NC(=O)c4ccccc4)ncnc21)[C@@H]3O[Si](C)(C)C(C)(C)C. The van der Waals surface area contributed by atoms with E-state index in [1.54, 1.807) is 34.9 Å². The van der Waals surface area contributed by atoms with E-state index in [0.29, 0.717) is 5.56 Å². The number of amides is 1. The number of ether oxygens (including phenoxy) is 2. The Morgan fingerprint density at radius 1 is 0.899 bits per heavy atom. The number of carbonyl (C=O) groups is 1. The first-order valence-corrected chi connectivity index (χ1v) is 30.8. The molecule has 0 saturated carbocycles. The monoisotopic (exact) mass is 1030 g/mol. The van der Waals surface area contributed by atoms with Crippen molar-refractivity contribution in [3.63, 3.8) is 0 Å². The van der Waals surface area contributed by atoms with Gasteiger partial charge in [0.1, 0.15) is 43.0 Å². The highest BCUT2D eigenvalue weighted by Gasteiger charge is 2.57. The van der Waals surface area contributed by atoms with E-state index in [9.17, 15) is 24.3 Å². The smallest absolute Gasteiger partial charge is 0.408 e. The van der Waals surface area contributed by atoms with Gasteiger partial charge >= 0.3 is 16.4 Å². The number of phosphoric acid groups is 1. The summed E-state index contributed by atoms with van der Waals surface area (Å²) in [5.74, 6) is -0.262. The fourth-order valence-electron chi connectivity index (χ4n) is 7.47. The van der Waals surface area contributed by atoms with Gasteiger partial charge in [-0.25, -0.2) is 29.5 Å². The zero-order valence-corrected chi connectivity index (χ0v) is 43.8. The maximum absolute atomic E-state index is 14.5. The zero-order valence-electron chi connectivity index (χ0n) is 40.0. The first kappa shape index (κ1) is 51.1. The molecule has 7 heterocycles. The molecule has 3 fully saturated rings. The molecule has 5 aromatic rings. The summed E-state index contributed by atoms with van der Waals surface area (Å²) in [6.07, 6.45) is -3.75. The van der Waals surface area contributed by atoms with Crippen molar-refractivity contribution in [1.29, 1.82) is 5.26 Å². The normalized spacial score (nSPS) is 28.4. The van der Waals surface area contributed by atoms with Crippen LogP contribution in [0.5, 0.6) is 0 Å². The van der Waals surface area contributed by atoms with E-state index in [0.717, 1.165) is 0 Å². The fourth-order valence-corrected chi connectivity index (χ4v) is 12.2. The molecule has 0 aliphatic carbocycles. The highest BCUT2D eigenvalue weighted by atomic mass is 31.2. The summed E-state index contributed by atoms with van der Waals surface area (Å²) in [6.45, 7) is 19.6. The van der Waals surface area contributed by atoms with Crippen molar-refractivity contribution in [2.24, 2.45) is 0 Å². The average molecular weight is 1030 g/mol. The van der Waals surface area contributed by atoms with Crippen molar-refractivity contribution >= 4 is 67.1 Å². The van der Waals surface area contributed by atoms with E-state index in [-0.39, 0.29) is 57.9 Å². The van der Waals surface area contributed by atoms with Crippen LogP contribution in [0.15, 0.2) is 60.4 Å². The van der Waals surface area contributed by atoms with Crippen LogP contribution in [0.25, 0.3) is 22.3 Å². The van der Waals surface area contributed by atoms with Gasteiger partial charge in [0.15, 0.2) is 57.2 Å². The zero-order chi connectivity index (χ0) is 49.7. The third kappa shape index (κ3) is 10.7. The van der Waals surface area contributed by atoms with Gasteiger partial charge in [-0.05, 0) is 48.4 Å². The second-order valence-electron chi connectivity index (χ2n) is 19.9. The lowest BCUT2D eigenvalue weighted by Crippen LogP contribution is -2.50. The van der Waals surface area contributed by atoms with E-state index < -0.39 is 100 Å². The highest BCUT2D eigenvalue weighted by Crippen LogP contribution is 2.55. The van der Waals surface area contributed by atoms with E-state index in [4.69, 9.17) is 40.9 Å². The largest absolute Gasteiger partial charge is 0.472 e. The number of nitrogens with zero attached hydrogens (tertiary/aromatic N) is 8. The molecule has 27 heteroatoms. The number of aromatic amines is 1. The van der Waals surface area contributed by atoms with Gasteiger partial charge in [0, 0.05) is 5.56 Å². The predicted octanol–water partition coefficient (Wildman–Crippen LogP) is 6.86. The number of hydrogen-bond acceptors (Lipinski definition) is 18. The van der Waals surface area contributed by atoms with E-state index in [1.165, 1.54) is 29.9 Å². The van der Waals surface area contributed by atoms with Crippen molar-refractivity contribution in [2.45, 2.75) is 133 Å². The second-order valence-corrected chi connectivity index (χ2v) is 32.0. The Bertz CT molecular complexity index is 2800. The summed E-state index contributed by atoms with van der Waals surface area (Å²) in [7, 11) is -13.0. The van der Waals surface area contributed by atoms with Crippen molar-refractivity contribution in [1.82, 2.24) is 39.0 Å². The molecule has 6 unspecified atom stereocenters. The Balaban J connectivity index is 1.20. The number of H-pyrrole nitrogens is 1. The van der Waals surface area contributed by atoms with Crippen molar-refractivity contribution < 1.29 is 55.2 Å². The lowest BCUT2D eigenvalue weighted by molar-refractivity contribution is -0.0652. The van der Waals surface area contributed by atoms with Gasteiger partial charge in [0.25, 0.3) is 11.5 Å². The molecular weight excluding hydrogens is 971 g/mol. The Labute approximate surface area is 401 Å². The van der Waals surface area contributed by atoms with Gasteiger partial charge in [-0.3, -0.25) is 27.8 Å². The molecular formula is C42H58N10O13P2Si2. The summed E-state index contributed by atoms with van der Waals surface area (Å²) in [5, 5.41) is 11.7. The minimum absolute atomic E-state index is 0.000748. The molecule has 3 saturated heterocycles. The number of hydrogen-bond donors (Lipinski definition) is 3. The van der Waals surface area contributed by atoms with Gasteiger partial charge in [-0.1, -0.05) is 59.7 Å². The van der Waals surface area contributed by atoms with Crippen LogP contribution in [-0.4, -0.2) is 123 Å². The molecule has 4 aromatic heterocycles. The highest BCUT2D eigenvalue weighted by molar-refractivity contribution is 7.47. The number of phosphoric ester groups is 1. The summed E-state index contributed by atoms with van der Waals surface area (Å²) >= 11 is 0. The number of benzene rings is 1. The number of rotatable bonds is 11. The molecule has 3 aliphatic heterocycles. The van der Waals surface area contributed by atoms with Crippen LogP contribution in [0, 0.1) is 11.3 Å². The third-order valence-corrected chi connectivity index (χ3v) is 24.3. The summed E-state index contributed by atoms with van der Waals surface area (Å²) in [6, 6.07) is 10.7. The molecule has 10 atom stereocenters. The van der Waals surface area contributed by atoms with Gasteiger partial charge in [0.05, 0.1) is 51.3 Å². The van der Waals surface area contributed by atoms with E-state index in [2.05, 4.69) is 75.2 Å². The van der Waals surface area contributed by atoms with Crippen molar-refractivity contribution in [2.75, 3.05) is 25.1 Å². The van der Waals surface area contributed by atoms with Crippen molar-refractivity contribution in [3.8, 4) is 6.07 Å². The predicted molar refractivity (Wildman–Crippen MR) is 254 cm³/mol. The minimum atomic E-state index is -5.11. The molecule has 1 amide bonds. The number of imidazole rings is 2. The van der Waals surface area contributed by atoms with Crippen LogP contribution in [-0.2, 0) is 45.5 Å². The van der Waals surface area contributed by atoms with Crippen LogP contribution >= 0.6 is 16.4 Å². The third-order valence-electron chi connectivity index (χ3n) is 13.2. The molecule has 0 radical (unpaired) electrons. The minimum Gasteiger partial charge on any atom is -0.408 e. The lowest BCUT2D eigenvalue weighted by Gasteiger charge is -2.41. The Morgan fingerprint density at radius 2 is 1.54 bits per heavy atom. The van der Waals surface area contributed by atoms with Gasteiger partial charge in [0.2, 0.25) is 0 Å². The molecule has 0 spiro atoms. The Kier molecular flexibility index (Phi) is 14.6. The van der Waals surface area contributed by atoms with Crippen LogP contribution in [0.3, 0.4) is 0 Å². The summed E-state index contributed by atoms with van der Waals surface area (Å²) in [5.41, 5.74) is 0.541. The molecule has 3 aliphatic rings. The topological polar surface area (TPSA) is 280 Å². The molecule has 2 bridgehead atoms. The van der Waals surface area contributed by atoms with Crippen LogP contribution in [0.4, 0.5) is 5.82 Å². The second kappa shape index (κ2) is 19.8. The Hall–Kier alpha value is -4.23. The maximum atomic E-state index is 14.5.